The lowest BCUT2D eigenvalue weighted by molar-refractivity contribution is 0.200. The Morgan fingerprint density at radius 2 is 2.04 bits per heavy atom. The Bertz CT molecular complexity index is 831. The second kappa shape index (κ2) is 6.71. The molecule has 138 valence electrons. The van der Waals surface area contributed by atoms with Crippen LogP contribution in [0.2, 0.25) is 5.02 Å². The van der Waals surface area contributed by atoms with Crippen LogP contribution in [0.1, 0.15) is 12.0 Å². The van der Waals surface area contributed by atoms with Gasteiger partial charge >= 0.3 is 0 Å². The smallest absolute Gasteiger partial charge is 0.165 e. The molecule has 1 saturated carbocycles. The number of nitrogens with zero attached hydrogens (tertiary/aromatic N) is 1. The van der Waals surface area contributed by atoms with Gasteiger partial charge in [-0.2, -0.15) is 0 Å². The van der Waals surface area contributed by atoms with Gasteiger partial charge in [0.05, 0.1) is 18.7 Å². The monoisotopic (exact) mass is 379 g/mol. The van der Waals surface area contributed by atoms with Gasteiger partial charge in [-0.3, -0.25) is 4.90 Å². The molecule has 26 heavy (non-hydrogen) atoms. The number of hydrogen-bond donors (Lipinski definition) is 0. The van der Waals surface area contributed by atoms with E-state index in [9.17, 15) is 8.78 Å². The van der Waals surface area contributed by atoms with Crippen molar-refractivity contribution >= 4 is 11.6 Å². The lowest BCUT2D eigenvalue weighted by atomic mass is 10.1. The van der Waals surface area contributed by atoms with Crippen LogP contribution in [0.3, 0.4) is 0 Å². The highest BCUT2D eigenvalue weighted by atomic mass is 35.5. The molecule has 2 unspecified atom stereocenters. The molecule has 2 aliphatic rings. The molecule has 0 N–H and O–H groups in total. The van der Waals surface area contributed by atoms with Crippen LogP contribution in [-0.4, -0.2) is 31.7 Å². The minimum Gasteiger partial charge on any atom is -0.494 e. The van der Waals surface area contributed by atoms with Crippen molar-refractivity contribution in [2.75, 3.05) is 26.8 Å². The summed E-state index contributed by atoms with van der Waals surface area (Å²) in [5, 5.41) is 0.0959. The molecule has 0 aromatic heterocycles. The lowest BCUT2D eigenvalue weighted by Crippen LogP contribution is -2.27. The number of benzene rings is 2. The van der Waals surface area contributed by atoms with Gasteiger partial charge in [-0.15, -0.1) is 0 Å². The summed E-state index contributed by atoms with van der Waals surface area (Å²) in [5.41, 5.74) is 1.06. The van der Waals surface area contributed by atoms with Gasteiger partial charge in [0.1, 0.15) is 11.6 Å². The first-order chi connectivity index (χ1) is 12.5. The molecule has 2 aromatic rings. The lowest BCUT2D eigenvalue weighted by Gasteiger charge is -2.21. The van der Waals surface area contributed by atoms with E-state index in [-0.39, 0.29) is 22.0 Å². The second-order valence-corrected chi connectivity index (χ2v) is 7.67. The largest absolute Gasteiger partial charge is 0.494 e. The molecule has 2 fully saturated rings. The summed E-state index contributed by atoms with van der Waals surface area (Å²) in [4.78, 5) is 2.32. The molecule has 0 spiro atoms. The van der Waals surface area contributed by atoms with E-state index in [1.54, 1.807) is 12.1 Å². The Kier molecular flexibility index (Phi) is 4.53. The van der Waals surface area contributed by atoms with Crippen LogP contribution in [-0.2, 0) is 6.54 Å². The number of hydrogen-bond acceptors (Lipinski definition) is 3. The fraction of sp³-hybridized carbons (Fsp3) is 0.400. The van der Waals surface area contributed by atoms with Crippen molar-refractivity contribution in [3.8, 4) is 11.5 Å². The van der Waals surface area contributed by atoms with Crippen LogP contribution in [0.15, 0.2) is 36.4 Å². The van der Waals surface area contributed by atoms with Crippen molar-refractivity contribution in [3.63, 3.8) is 0 Å². The molecule has 1 saturated heterocycles. The number of likely N-dealkylation sites (tertiary alicyclic amines) is 1. The summed E-state index contributed by atoms with van der Waals surface area (Å²) in [6.07, 6.45) is 1.12. The summed E-state index contributed by atoms with van der Waals surface area (Å²) >= 11 is 5.70. The standard InChI is InChI=1S/C20H20ClF2NO2/c1-25-19-5-2-13(6-18(19)23)9-24-10-14-8-20(14,11-24)12-26-15-3-4-16(21)17(22)7-15/h2-7,14H,8-12H2,1H3. The van der Waals surface area contributed by atoms with E-state index in [0.29, 0.717) is 24.8 Å². The van der Waals surface area contributed by atoms with E-state index < -0.39 is 5.82 Å². The molecular formula is C20H20ClF2NO2. The van der Waals surface area contributed by atoms with Crippen LogP contribution in [0.4, 0.5) is 8.78 Å². The highest BCUT2D eigenvalue weighted by molar-refractivity contribution is 6.30. The number of rotatable bonds is 6. The SMILES string of the molecule is COc1ccc(CN2CC3CC3(COc3ccc(Cl)c(F)c3)C2)cc1F. The minimum absolute atomic E-state index is 0.0959. The maximum Gasteiger partial charge on any atom is 0.165 e. The van der Waals surface area contributed by atoms with Crippen LogP contribution < -0.4 is 9.47 Å². The molecule has 0 bridgehead atoms. The van der Waals surface area contributed by atoms with Gasteiger partial charge in [0.25, 0.3) is 0 Å². The maximum atomic E-state index is 13.9. The zero-order valence-corrected chi connectivity index (χ0v) is 15.2. The Morgan fingerprint density at radius 1 is 1.19 bits per heavy atom. The van der Waals surface area contributed by atoms with Gasteiger partial charge < -0.3 is 9.47 Å². The molecule has 1 aliphatic heterocycles. The summed E-state index contributed by atoms with van der Waals surface area (Å²) in [5.74, 6) is 0.546. The Morgan fingerprint density at radius 3 is 2.77 bits per heavy atom. The Balaban J connectivity index is 1.35. The first-order valence-electron chi connectivity index (χ1n) is 8.62. The fourth-order valence-corrected chi connectivity index (χ4v) is 4.03. The van der Waals surface area contributed by atoms with Gasteiger partial charge in [0, 0.05) is 31.1 Å². The molecule has 4 rings (SSSR count). The third kappa shape index (κ3) is 3.38. The van der Waals surface area contributed by atoms with Crippen molar-refractivity contribution in [1.82, 2.24) is 4.90 Å². The third-order valence-electron chi connectivity index (χ3n) is 5.42. The van der Waals surface area contributed by atoms with E-state index >= 15 is 0 Å². The second-order valence-electron chi connectivity index (χ2n) is 7.27. The normalized spacial score (nSPS) is 24.4. The van der Waals surface area contributed by atoms with Crippen LogP contribution in [0.25, 0.3) is 0 Å². The average molecular weight is 380 g/mol. The van der Waals surface area contributed by atoms with E-state index in [4.69, 9.17) is 21.1 Å². The van der Waals surface area contributed by atoms with Crippen molar-refractivity contribution in [3.05, 3.63) is 58.6 Å². The summed E-state index contributed by atoms with van der Waals surface area (Å²) in [7, 11) is 1.46. The van der Waals surface area contributed by atoms with Crippen molar-refractivity contribution in [2.24, 2.45) is 11.3 Å². The number of fused-ring (bicyclic) bond motifs is 1. The van der Waals surface area contributed by atoms with E-state index in [1.807, 2.05) is 6.07 Å². The third-order valence-corrected chi connectivity index (χ3v) is 5.72. The molecule has 3 nitrogen and oxygen atoms in total. The van der Waals surface area contributed by atoms with Gasteiger partial charge in [-0.1, -0.05) is 17.7 Å². The molecule has 2 aromatic carbocycles. The quantitative estimate of drug-likeness (QED) is 0.736. The highest BCUT2D eigenvalue weighted by Gasteiger charge is 2.60. The molecule has 6 heteroatoms. The Labute approximate surface area is 156 Å². The predicted molar refractivity (Wildman–Crippen MR) is 95.7 cm³/mol. The van der Waals surface area contributed by atoms with Gasteiger partial charge in [0.2, 0.25) is 0 Å². The van der Waals surface area contributed by atoms with E-state index in [1.165, 1.54) is 25.3 Å². The number of halogens is 3. The molecule has 1 heterocycles. The predicted octanol–water partition coefficient (Wildman–Crippen LogP) is 4.53. The first-order valence-corrected chi connectivity index (χ1v) is 8.99. The van der Waals surface area contributed by atoms with Gasteiger partial charge in [0.15, 0.2) is 11.6 Å². The molecular weight excluding hydrogens is 360 g/mol. The zero-order valence-electron chi connectivity index (χ0n) is 14.5. The van der Waals surface area contributed by atoms with Crippen LogP contribution >= 0.6 is 11.6 Å². The van der Waals surface area contributed by atoms with E-state index in [2.05, 4.69) is 4.90 Å². The molecule has 1 aliphatic carbocycles. The first kappa shape index (κ1) is 17.6. The minimum atomic E-state index is -0.469. The fourth-order valence-electron chi connectivity index (χ4n) is 3.91. The van der Waals surface area contributed by atoms with Crippen molar-refractivity contribution in [2.45, 2.75) is 13.0 Å². The summed E-state index contributed by atoms with van der Waals surface area (Å²) in [6.45, 7) is 3.15. The van der Waals surface area contributed by atoms with Crippen LogP contribution in [0, 0.1) is 23.0 Å². The number of piperidine rings is 1. The van der Waals surface area contributed by atoms with Crippen molar-refractivity contribution < 1.29 is 18.3 Å². The number of ether oxygens (including phenoxy) is 2. The Hall–Kier alpha value is -1.85. The molecule has 0 amide bonds. The average Bonchev–Trinajstić information content (AvgIpc) is 3.17. The topological polar surface area (TPSA) is 21.7 Å². The summed E-state index contributed by atoms with van der Waals surface area (Å²) in [6, 6.07) is 9.60. The van der Waals surface area contributed by atoms with Crippen molar-refractivity contribution in [1.29, 1.82) is 0 Å². The molecule has 2 atom stereocenters. The maximum absolute atomic E-state index is 13.9. The molecule has 0 radical (unpaired) electrons. The van der Waals surface area contributed by atoms with Gasteiger partial charge in [-0.05, 0) is 42.2 Å². The van der Waals surface area contributed by atoms with Crippen LogP contribution in [0.5, 0.6) is 11.5 Å². The summed E-state index contributed by atoms with van der Waals surface area (Å²) < 4.78 is 38.1. The zero-order chi connectivity index (χ0) is 18.3. The van der Waals surface area contributed by atoms with E-state index in [0.717, 1.165) is 25.1 Å². The highest BCUT2D eigenvalue weighted by Crippen LogP contribution is 2.58. The number of methoxy groups -OCH3 is 1. The van der Waals surface area contributed by atoms with Gasteiger partial charge in [-0.25, -0.2) is 8.78 Å².